The Morgan fingerprint density at radius 3 is 1.82 bits per heavy atom. The molecule has 0 aliphatic heterocycles. The Labute approximate surface area is 64.3 Å². The summed E-state index contributed by atoms with van der Waals surface area (Å²) in [6, 6.07) is 0. The molecule has 0 radical (unpaired) electrons. The molecule has 2 N–H and O–H groups in total. The average molecular weight is 153 g/mol. The van der Waals surface area contributed by atoms with Crippen LogP contribution < -0.4 is 5.72 Å². The van der Waals surface area contributed by atoms with Crippen LogP contribution in [0.2, 0.25) is 0 Å². The molecule has 0 saturated heterocycles. The van der Waals surface area contributed by atoms with Crippen molar-refractivity contribution >= 4 is 12.8 Å². The summed E-state index contributed by atoms with van der Waals surface area (Å²) in [5.41, 5.74) is -0.00463. The van der Waals surface area contributed by atoms with Gasteiger partial charge in [-0.15, -0.1) is 0 Å². The van der Waals surface area contributed by atoms with Gasteiger partial charge in [-0.05, 0) is 13.8 Å². The van der Waals surface area contributed by atoms with Gasteiger partial charge >= 0.3 is 7.12 Å². The summed E-state index contributed by atoms with van der Waals surface area (Å²) in [5, 5.41) is 17.4. The summed E-state index contributed by atoms with van der Waals surface area (Å²) < 4.78 is 0. The van der Waals surface area contributed by atoms with Gasteiger partial charge in [-0.25, -0.2) is 15.0 Å². The largest absolute Gasteiger partial charge is 0.528 e. The third kappa shape index (κ3) is 1.96. The predicted octanol–water partition coefficient (Wildman–Crippen LogP) is -1.83. The van der Waals surface area contributed by atoms with E-state index in [1.807, 2.05) is 0 Å². The summed E-state index contributed by atoms with van der Waals surface area (Å²) in [4.78, 5) is 11.3. The van der Waals surface area contributed by atoms with E-state index in [9.17, 15) is 0 Å². The van der Waals surface area contributed by atoms with Crippen molar-refractivity contribution in [2.45, 2.75) is 13.8 Å². The summed E-state index contributed by atoms with van der Waals surface area (Å²) in [7, 11) is -1.62. The maximum atomic E-state index is 8.68. The molecule has 0 aliphatic rings. The van der Waals surface area contributed by atoms with E-state index in [0.717, 1.165) is 0 Å². The van der Waals surface area contributed by atoms with E-state index in [2.05, 4.69) is 15.0 Å². The second-order valence-electron chi connectivity index (χ2n) is 2.16. The van der Waals surface area contributed by atoms with E-state index in [0.29, 0.717) is 11.6 Å². The molecule has 0 unspecified atom stereocenters. The van der Waals surface area contributed by atoms with Crippen LogP contribution in [0.25, 0.3) is 0 Å². The van der Waals surface area contributed by atoms with Gasteiger partial charge in [0.25, 0.3) is 0 Å². The van der Waals surface area contributed by atoms with E-state index in [4.69, 9.17) is 10.0 Å². The Morgan fingerprint density at radius 1 is 1.00 bits per heavy atom. The highest BCUT2D eigenvalue weighted by Gasteiger charge is 2.15. The molecule has 58 valence electrons. The number of rotatable bonds is 1. The van der Waals surface area contributed by atoms with Crippen LogP contribution in [0.15, 0.2) is 0 Å². The van der Waals surface area contributed by atoms with Gasteiger partial charge < -0.3 is 10.0 Å². The zero-order chi connectivity index (χ0) is 8.43. The Balaban J connectivity index is 3.08. The van der Waals surface area contributed by atoms with Crippen molar-refractivity contribution in [3.63, 3.8) is 0 Å². The smallest absolute Gasteiger partial charge is 0.421 e. The number of nitrogens with zero attached hydrogens (tertiary/aromatic N) is 3. The zero-order valence-electron chi connectivity index (χ0n) is 6.31. The lowest BCUT2D eigenvalue weighted by molar-refractivity contribution is 0.422. The van der Waals surface area contributed by atoms with Crippen LogP contribution in [0.4, 0.5) is 0 Å². The molecular formula is C5H8BN3O2. The monoisotopic (exact) mass is 153 g/mol. The highest BCUT2D eigenvalue weighted by molar-refractivity contribution is 6.56. The Hall–Kier alpha value is -1.01. The highest BCUT2D eigenvalue weighted by Crippen LogP contribution is 1.84. The molecule has 0 bridgehead atoms. The van der Waals surface area contributed by atoms with E-state index >= 15 is 0 Å². The van der Waals surface area contributed by atoms with Gasteiger partial charge in [-0.3, -0.25) is 0 Å². The number of hydrogen-bond donors (Lipinski definition) is 2. The van der Waals surface area contributed by atoms with Gasteiger partial charge in [-0.1, -0.05) is 0 Å². The van der Waals surface area contributed by atoms with Gasteiger partial charge in [0, 0.05) is 0 Å². The van der Waals surface area contributed by atoms with Crippen molar-refractivity contribution < 1.29 is 10.0 Å². The lowest BCUT2D eigenvalue weighted by Crippen LogP contribution is -2.37. The van der Waals surface area contributed by atoms with Gasteiger partial charge in [0.1, 0.15) is 11.6 Å². The maximum absolute atomic E-state index is 8.68. The first-order valence-corrected chi connectivity index (χ1v) is 3.15. The van der Waals surface area contributed by atoms with Gasteiger partial charge in [0.15, 0.2) is 5.72 Å². The zero-order valence-corrected chi connectivity index (χ0v) is 6.31. The second-order valence-corrected chi connectivity index (χ2v) is 2.16. The topological polar surface area (TPSA) is 79.1 Å². The molecule has 0 fully saturated rings. The molecule has 0 atom stereocenters. The maximum Gasteiger partial charge on any atom is 0.528 e. The van der Waals surface area contributed by atoms with E-state index in [1.54, 1.807) is 13.8 Å². The molecular weight excluding hydrogens is 145 g/mol. The normalized spacial score (nSPS) is 9.82. The molecule has 6 heteroatoms. The Kier molecular flexibility index (Phi) is 2.16. The SMILES string of the molecule is Cc1nc(C)nc(B(O)O)n1. The van der Waals surface area contributed by atoms with Crippen LogP contribution in [0, 0.1) is 13.8 Å². The summed E-state index contributed by atoms with van der Waals surface area (Å²) >= 11 is 0. The molecule has 0 aliphatic carbocycles. The number of aryl methyl sites for hydroxylation is 2. The van der Waals surface area contributed by atoms with Crippen molar-refractivity contribution in [3.8, 4) is 0 Å². The van der Waals surface area contributed by atoms with Crippen LogP contribution >= 0.6 is 0 Å². The third-order valence-corrected chi connectivity index (χ3v) is 1.11. The third-order valence-electron chi connectivity index (χ3n) is 1.11. The first kappa shape index (κ1) is 8.09. The van der Waals surface area contributed by atoms with Crippen LogP contribution in [-0.4, -0.2) is 32.1 Å². The minimum absolute atomic E-state index is 0.00463. The van der Waals surface area contributed by atoms with Crippen molar-refractivity contribution in [1.29, 1.82) is 0 Å². The fourth-order valence-electron chi connectivity index (χ4n) is 0.756. The lowest BCUT2D eigenvalue weighted by Gasteiger charge is -1.99. The minimum atomic E-state index is -1.62. The number of aromatic nitrogens is 3. The van der Waals surface area contributed by atoms with Gasteiger partial charge in [-0.2, -0.15) is 0 Å². The predicted molar refractivity (Wildman–Crippen MR) is 39.1 cm³/mol. The molecule has 1 rings (SSSR count). The van der Waals surface area contributed by atoms with Gasteiger partial charge in [0.05, 0.1) is 0 Å². The van der Waals surface area contributed by atoms with Crippen LogP contribution in [0.3, 0.4) is 0 Å². The average Bonchev–Trinajstić information content (AvgIpc) is 1.85. The Bertz CT molecular complexity index is 246. The minimum Gasteiger partial charge on any atom is -0.421 e. The first-order chi connectivity index (χ1) is 5.09. The highest BCUT2D eigenvalue weighted by atomic mass is 16.4. The van der Waals surface area contributed by atoms with E-state index in [1.165, 1.54) is 0 Å². The Morgan fingerprint density at radius 2 is 1.45 bits per heavy atom. The number of hydrogen-bond acceptors (Lipinski definition) is 5. The quantitative estimate of drug-likeness (QED) is 0.464. The molecule has 5 nitrogen and oxygen atoms in total. The van der Waals surface area contributed by atoms with Crippen molar-refractivity contribution in [2.24, 2.45) is 0 Å². The van der Waals surface area contributed by atoms with Crippen molar-refractivity contribution in [1.82, 2.24) is 15.0 Å². The van der Waals surface area contributed by atoms with Crippen LogP contribution in [-0.2, 0) is 0 Å². The fourth-order valence-corrected chi connectivity index (χ4v) is 0.756. The lowest BCUT2D eigenvalue weighted by atomic mass is 9.91. The van der Waals surface area contributed by atoms with Crippen molar-refractivity contribution in [3.05, 3.63) is 11.6 Å². The van der Waals surface area contributed by atoms with Crippen LogP contribution in [0.1, 0.15) is 11.6 Å². The molecule has 0 spiro atoms. The summed E-state index contributed by atoms with van der Waals surface area (Å²) in [6.07, 6.45) is 0. The molecule has 1 aromatic heterocycles. The molecule has 0 amide bonds. The molecule has 0 saturated carbocycles. The molecule has 1 aromatic rings. The summed E-state index contributed by atoms with van der Waals surface area (Å²) in [6.45, 7) is 3.33. The second kappa shape index (κ2) is 2.94. The van der Waals surface area contributed by atoms with E-state index in [-0.39, 0.29) is 5.72 Å². The van der Waals surface area contributed by atoms with Crippen LogP contribution in [0.5, 0.6) is 0 Å². The fraction of sp³-hybridized carbons (Fsp3) is 0.400. The molecule has 1 heterocycles. The van der Waals surface area contributed by atoms with E-state index < -0.39 is 7.12 Å². The molecule has 0 aromatic carbocycles. The summed E-state index contributed by atoms with van der Waals surface area (Å²) in [5.74, 6) is 0.973. The standard InChI is InChI=1S/C5H8BN3O2/c1-3-7-4(2)9-5(8-3)6(10)11/h10-11H,1-2H3. The van der Waals surface area contributed by atoms with Crippen molar-refractivity contribution in [2.75, 3.05) is 0 Å². The van der Waals surface area contributed by atoms with Gasteiger partial charge in [0.2, 0.25) is 0 Å². The molecule has 11 heavy (non-hydrogen) atoms. The first-order valence-electron chi connectivity index (χ1n) is 3.15.